The largest absolute Gasteiger partial charge is 0.490 e. The standard InChI is InChI=1S/C10H13NO/c1-8(2)12-10-6-4-3-5-9(10)7-11/h5-6,8H,3-4H2,1-2H3. The van der Waals surface area contributed by atoms with Gasteiger partial charge in [-0.3, -0.25) is 0 Å². The molecule has 2 heteroatoms. The van der Waals surface area contributed by atoms with Gasteiger partial charge in [0.25, 0.3) is 0 Å². The Morgan fingerprint density at radius 2 is 2.08 bits per heavy atom. The molecular formula is C10H13NO. The van der Waals surface area contributed by atoms with Gasteiger partial charge in [-0.15, -0.1) is 0 Å². The van der Waals surface area contributed by atoms with Crippen LogP contribution >= 0.6 is 0 Å². The molecule has 0 bridgehead atoms. The Hall–Kier alpha value is -1.23. The zero-order valence-electron chi connectivity index (χ0n) is 7.50. The Labute approximate surface area is 73.1 Å². The highest BCUT2D eigenvalue weighted by Gasteiger charge is 2.10. The highest BCUT2D eigenvalue weighted by atomic mass is 16.5. The van der Waals surface area contributed by atoms with Crippen molar-refractivity contribution >= 4 is 0 Å². The number of allylic oxidation sites excluding steroid dienone is 3. The molecule has 0 saturated heterocycles. The second-order valence-electron chi connectivity index (χ2n) is 3.04. The third-order valence-corrected chi connectivity index (χ3v) is 1.59. The van der Waals surface area contributed by atoms with Gasteiger partial charge in [0, 0.05) is 0 Å². The van der Waals surface area contributed by atoms with Crippen molar-refractivity contribution in [2.24, 2.45) is 0 Å². The minimum Gasteiger partial charge on any atom is -0.490 e. The monoisotopic (exact) mass is 163 g/mol. The van der Waals surface area contributed by atoms with Crippen molar-refractivity contribution in [1.82, 2.24) is 0 Å². The number of nitrogens with zero attached hydrogens (tertiary/aromatic N) is 1. The van der Waals surface area contributed by atoms with Gasteiger partial charge >= 0.3 is 0 Å². The van der Waals surface area contributed by atoms with Crippen molar-refractivity contribution in [3.05, 3.63) is 23.5 Å². The Morgan fingerprint density at radius 3 is 2.67 bits per heavy atom. The van der Waals surface area contributed by atoms with Gasteiger partial charge in [0.1, 0.15) is 11.8 Å². The van der Waals surface area contributed by atoms with E-state index < -0.39 is 0 Å². The Balaban J connectivity index is 2.69. The minimum absolute atomic E-state index is 0.145. The van der Waals surface area contributed by atoms with E-state index in [1.165, 1.54) is 0 Å². The van der Waals surface area contributed by atoms with Crippen LogP contribution in [0.2, 0.25) is 0 Å². The van der Waals surface area contributed by atoms with Gasteiger partial charge in [0.15, 0.2) is 0 Å². The Morgan fingerprint density at radius 1 is 1.42 bits per heavy atom. The fourth-order valence-corrected chi connectivity index (χ4v) is 1.12. The molecule has 0 fully saturated rings. The summed E-state index contributed by atoms with van der Waals surface area (Å²) in [7, 11) is 0. The molecule has 64 valence electrons. The fourth-order valence-electron chi connectivity index (χ4n) is 1.12. The third kappa shape index (κ3) is 2.13. The maximum Gasteiger partial charge on any atom is 0.133 e. The van der Waals surface area contributed by atoms with Crippen molar-refractivity contribution < 1.29 is 4.74 Å². The van der Waals surface area contributed by atoms with Gasteiger partial charge in [0.2, 0.25) is 0 Å². The number of hydrogen-bond donors (Lipinski definition) is 0. The van der Waals surface area contributed by atoms with Crippen LogP contribution in [-0.2, 0) is 4.74 Å². The molecule has 0 heterocycles. The summed E-state index contributed by atoms with van der Waals surface area (Å²) < 4.78 is 5.46. The normalized spacial score (nSPS) is 16.5. The lowest BCUT2D eigenvalue weighted by atomic mass is 10.1. The predicted octanol–water partition coefficient (Wildman–Crippen LogP) is 2.54. The molecular weight excluding hydrogens is 150 g/mol. The zero-order valence-corrected chi connectivity index (χ0v) is 7.50. The van der Waals surface area contributed by atoms with Crippen LogP contribution in [0.3, 0.4) is 0 Å². The van der Waals surface area contributed by atoms with E-state index in [9.17, 15) is 0 Å². The maximum absolute atomic E-state index is 8.74. The van der Waals surface area contributed by atoms with E-state index in [0.717, 1.165) is 18.6 Å². The molecule has 0 N–H and O–H groups in total. The summed E-state index contributed by atoms with van der Waals surface area (Å²) in [6.45, 7) is 3.93. The highest BCUT2D eigenvalue weighted by molar-refractivity contribution is 5.40. The summed E-state index contributed by atoms with van der Waals surface area (Å²) in [5, 5.41) is 8.74. The molecule has 12 heavy (non-hydrogen) atoms. The quantitative estimate of drug-likeness (QED) is 0.626. The molecule has 1 rings (SSSR count). The summed E-state index contributed by atoms with van der Waals surface area (Å²) in [5.74, 6) is 0.749. The maximum atomic E-state index is 8.74. The molecule has 0 aliphatic heterocycles. The van der Waals surface area contributed by atoms with Gasteiger partial charge in [-0.1, -0.05) is 6.08 Å². The van der Waals surface area contributed by atoms with Crippen LogP contribution in [0.15, 0.2) is 23.5 Å². The van der Waals surface area contributed by atoms with E-state index in [0.29, 0.717) is 5.57 Å². The van der Waals surface area contributed by atoms with Crippen LogP contribution in [0, 0.1) is 11.3 Å². The van der Waals surface area contributed by atoms with Crippen molar-refractivity contribution in [2.75, 3.05) is 0 Å². The molecule has 0 radical (unpaired) electrons. The molecule has 0 unspecified atom stereocenters. The van der Waals surface area contributed by atoms with Crippen molar-refractivity contribution in [3.63, 3.8) is 0 Å². The van der Waals surface area contributed by atoms with E-state index in [4.69, 9.17) is 10.00 Å². The molecule has 0 saturated carbocycles. The lowest BCUT2D eigenvalue weighted by molar-refractivity contribution is 0.154. The molecule has 0 atom stereocenters. The SMILES string of the molecule is CC(C)OC1=CCCC=C1C#N. The molecule has 0 aromatic carbocycles. The number of hydrogen-bond acceptors (Lipinski definition) is 2. The first-order chi connectivity index (χ1) is 5.74. The van der Waals surface area contributed by atoms with Crippen LogP contribution in [-0.4, -0.2) is 6.10 Å². The minimum atomic E-state index is 0.145. The lowest BCUT2D eigenvalue weighted by Crippen LogP contribution is -2.05. The molecule has 0 aromatic rings. The number of rotatable bonds is 2. The highest BCUT2D eigenvalue weighted by Crippen LogP contribution is 2.20. The van der Waals surface area contributed by atoms with Gasteiger partial charge < -0.3 is 4.74 Å². The van der Waals surface area contributed by atoms with Crippen molar-refractivity contribution in [3.8, 4) is 6.07 Å². The Bertz CT molecular complexity index is 256. The van der Waals surface area contributed by atoms with Crippen molar-refractivity contribution in [1.29, 1.82) is 5.26 Å². The summed E-state index contributed by atoms with van der Waals surface area (Å²) in [6, 6.07) is 2.13. The summed E-state index contributed by atoms with van der Waals surface area (Å²) in [4.78, 5) is 0. The van der Waals surface area contributed by atoms with Crippen LogP contribution in [0.5, 0.6) is 0 Å². The van der Waals surface area contributed by atoms with Crippen LogP contribution in [0.1, 0.15) is 26.7 Å². The van der Waals surface area contributed by atoms with E-state index >= 15 is 0 Å². The summed E-state index contributed by atoms with van der Waals surface area (Å²) in [5.41, 5.74) is 0.676. The fraction of sp³-hybridized carbons (Fsp3) is 0.500. The Kier molecular flexibility index (Phi) is 2.93. The van der Waals surface area contributed by atoms with Gasteiger partial charge in [-0.05, 0) is 32.8 Å². The third-order valence-electron chi connectivity index (χ3n) is 1.59. The van der Waals surface area contributed by atoms with Crippen LogP contribution in [0.4, 0.5) is 0 Å². The first kappa shape index (κ1) is 8.86. The molecule has 2 nitrogen and oxygen atoms in total. The van der Waals surface area contributed by atoms with E-state index in [1.807, 2.05) is 26.0 Å². The van der Waals surface area contributed by atoms with E-state index in [2.05, 4.69) is 6.07 Å². The zero-order chi connectivity index (χ0) is 8.97. The molecule has 0 aromatic heterocycles. The van der Waals surface area contributed by atoms with Crippen molar-refractivity contribution in [2.45, 2.75) is 32.8 Å². The average molecular weight is 163 g/mol. The number of ether oxygens (including phenoxy) is 1. The molecule has 0 amide bonds. The van der Waals surface area contributed by atoms with Gasteiger partial charge in [-0.2, -0.15) is 5.26 Å². The summed E-state index contributed by atoms with van der Waals surface area (Å²) >= 11 is 0. The van der Waals surface area contributed by atoms with Gasteiger partial charge in [-0.25, -0.2) is 0 Å². The average Bonchev–Trinajstić information content (AvgIpc) is 2.04. The smallest absolute Gasteiger partial charge is 0.133 e. The second kappa shape index (κ2) is 3.96. The molecule has 1 aliphatic rings. The summed E-state index contributed by atoms with van der Waals surface area (Å²) in [6.07, 6.45) is 5.99. The lowest BCUT2D eigenvalue weighted by Gasteiger charge is -2.15. The first-order valence-electron chi connectivity index (χ1n) is 4.21. The van der Waals surface area contributed by atoms with E-state index in [-0.39, 0.29) is 6.10 Å². The molecule has 0 spiro atoms. The van der Waals surface area contributed by atoms with Gasteiger partial charge in [0.05, 0.1) is 11.7 Å². The van der Waals surface area contributed by atoms with Crippen LogP contribution in [0.25, 0.3) is 0 Å². The van der Waals surface area contributed by atoms with Crippen LogP contribution < -0.4 is 0 Å². The first-order valence-corrected chi connectivity index (χ1v) is 4.21. The van der Waals surface area contributed by atoms with E-state index in [1.54, 1.807) is 0 Å². The second-order valence-corrected chi connectivity index (χ2v) is 3.04. The topological polar surface area (TPSA) is 33.0 Å². The predicted molar refractivity (Wildman–Crippen MR) is 47.2 cm³/mol. The molecule has 1 aliphatic carbocycles. The number of nitriles is 1.